The van der Waals surface area contributed by atoms with Gasteiger partial charge in [0.15, 0.2) is 0 Å². The average Bonchev–Trinajstić information content (AvgIpc) is 3.41. The molecule has 2 N–H and O–H groups in total. The molecule has 5 rings (SSSR count). The topological polar surface area (TPSA) is 110 Å². The minimum absolute atomic E-state index is 0.00831. The van der Waals surface area contributed by atoms with Crippen molar-refractivity contribution in [3.05, 3.63) is 11.6 Å². The molecule has 11 atom stereocenters. The SMILES string of the molecule is COC(=O)[C@@]1(C)C2CC[C@@H]3[C@]4(CC[C@]5(C)[C@@H]([C@H](C)C[C@@H](O)C=C(C)C)CC[C@@]35C)C[C@]24CC[C@@H]1OS(=O)(=O)O. The maximum absolute atomic E-state index is 13.3. The van der Waals surface area contributed by atoms with Crippen LogP contribution in [0, 0.1) is 50.7 Å². The standard InChI is InChI=1S/C31H50O7S/c1-19(2)16-21(32)17-20(3)22-10-12-28(5)23-8-9-24-29(6,26(33)37-7)25(38-39(34,35)36)11-13-30(24)18-31(23,30)15-14-27(22,28)4/h16,20-25,32H,8-15,17-18H2,1-7H3,(H,34,35,36)/t20-,21+,22-,23+,24?,25+,27-,28+,29+,30-,31+/m1/s1. The lowest BCUT2D eigenvalue weighted by molar-refractivity contribution is -0.189. The number of hydrogen-bond acceptors (Lipinski definition) is 6. The van der Waals surface area contributed by atoms with Gasteiger partial charge < -0.3 is 9.84 Å². The van der Waals surface area contributed by atoms with Crippen LogP contribution in [0.4, 0.5) is 0 Å². The van der Waals surface area contributed by atoms with Crippen LogP contribution in [0.3, 0.4) is 0 Å². The molecule has 0 aliphatic heterocycles. The number of carbonyl (C=O) groups excluding carboxylic acids is 1. The zero-order valence-corrected chi connectivity index (χ0v) is 25.8. The summed E-state index contributed by atoms with van der Waals surface area (Å²) in [5.41, 5.74) is 0.605. The van der Waals surface area contributed by atoms with E-state index in [0.717, 1.165) is 50.5 Å². The molecule has 0 saturated heterocycles. The molecule has 5 saturated carbocycles. The van der Waals surface area contributed by atoms with Crippen molar-refractivity contribution in [1.29, 1.82) is 0 Å². The molecule has 0 bridgehead atoms. The Morgan fingerprint density at radius 3 is 2.23 bits per heavy atom. The average molecular weight is 567 g/mol. The van der Waals surface area contributed by atoms with E-state index in [1.807, 2.05) is 26.8 Å². The van der Waals surface area contributed by atoms with Gasteiger partial charge in [0.1, 0.15) is 0 Å². The smallest absolute Gasteiger partial charge is 0.397 e. The summed E-state index contributed by atoms with van der Waals surface area (Å²) in [7, 11) is -3.34. The van der Waals surface area contributed by atoms with E-state index < -0.39 is 34.0 Å². The number of methoxy groups -OCH3 is 1. The first-order valence-corrected chi connectivity index (χ1v) is 16.4. The molecule has 1 unspecified atom stereocenters. The fourth-order valence-corrected chi connectivity index (χ4v) is 12.4. The van der Waals surface area contributed by atoms with Gasteiger partial charge in [0.05, 0.1) is 24.7 Å². The van der Waals surface area contributed by atoms with Crippen LogP contribution in [0.1, 0.15) is 106 Å². The van der Waals surface area contributed by atoms with Crippen molar-refractivity contribution in [3.63, 3.8) is 0 Å². The number of rotatable bonds is 7. The molecule has 0 amide bonds. The van der Waals surface area contributed by atoms with E-state index >= 15 is 0 Å². The summed E-state index contributed by atoms with van der Waals surface area (Å²) in [5, 5.41) is 10.7. The van der Waals surface area contributed by atoms with Gasteiger partial charge in [-0.1, -0.05) is 32.4 Å². The fourth-order valence-electron chi connectivity index (χ4n) is 11.8. The van der Waals surface area contributed by atoms with Gasteiger partial charge in [0.2, 0.25) is 0 Å². The van der Waals surface area contributed by atoms with E-state index in [1.54, 1.807) is 0 Å². The van der Waals surface area contributed by atoms with Gasteiger partial charge in [0.25, 0.3) is 0 Å². The normalized spacial score (nSPS) is 48.0. The van der Waals surface area contributed by atoms with Gasteiger partial charge in [-0.3, -0.25) is 9.35 Å². The lowest BCUT2D eigenvalue weighted by Gasteiger charge is -2.63. The van der Waals surface area contributed by atoms with Gasteiger partial charge in [-0.15, -0.1) is 0 Å². The molecule has 0 aromatic heterocycles. The van der Waals surface area contributed by atoms with Crippen molar-refractivity contribution in [1.82, 2.24) is 0 Å². The maximum atomic E-state index is 13.3. The Morgan fingerprint density at radius 1 is 0.974 bits per heavy atom. The zero-order chi connectivity index (χ0) is 28.8. The molecule has 39 heavy (non-hydrogen) atoms. The molecule has 5 fully saturated rings. The molecular weight excluding hydrogens is 516 g/mol. The minimum atomic E-state index is -4.69. The Balaban J connectivity index is 1.44. The summed E-state index contributed by atoms with van der Waals surface area (Å²) in [6.45, 7) is 13.3. The van der Waals surface area contributed by atoms with Gasteiger partial charge in [-0.05, 0) is 130 Å². The Bertz CT molecular complexity index is 1150. The predicted octanol–water partition coefficient (Wildman–Crippen LogP) is 6.12. The van der Waals surface area contributed by atoms with E-state index in [9.17, 15) is 22.9 Å². The number of aliphatic hydroxyl groups is 1. The largest absolute Gasteiger partial charge is 0.469 e. The molecule has 8 heteroatoms. The molecule has 7 nitrogen and oxygen atoms in total. The van der Waals surface area contributed by atoms with Gasteiger partial charge >= 0.3 is 16.4 Å². The molecule has 5 aliphatic carbocycles. The monoisotopic (exact) mass is 566 g/mol. The van der Waals surface area contributed by atoms with Gasteiger partial charge in [-0.2, -0.15) is 8.42 Å². The van der Waals surface area contributed by atoms with Crippen molar-refractivity contribution >= 4 is 16.4 Å². The van der Waals surface area contributed by atoms with Crippen molar-refractivity contribution < 1.29 is 31.8 Å². The molecule has 0 radical (unpaired) electrons. The third-order valence-electron chi connectivity index (χ3n) is 13.5. The zero-order valence-electron chi connectivity index (χ0n) is 25.0. The van der Waals surface area contributed by atoms with E-state index in [1.165, 1.54) is 20.0 Å². The van der Waals surface area contributed by atoms with Crippen LogP contribution in [0.2, 0.25) is 0 Å². The number of fused-ring (bicyclic) bond motifs is 2. The summed E-state index contributed by atoms with van der Waals surface area (Å²) in [6.07, 6.45) is 10.4. The molecule has 0 aromatic carbocycles. The highest BCUT2D eigenvalue weighted by Crippen LogP contribution is 2.89. The summed E-state index contributed by atoms with van der Waals surface area (Å²) in [6, 6.07) is 0. The first-order chi connectivity index (χ1) is 18.0. The molecule has 5 aliphatic rings. The first-order valence-electron chi connectivity index (χ1n) is 15.1. The van der Waals surface area contributed by atoms with E-state index in [4.69, 9.17) is 8.92 Å². The Hall–Kier alpha value is -0.960. The van der Waals surface area contributed by atoms with E-state index in [2.05, 4.69) is 20.8 Å². The Labute approximate surface area is 235 Å². The second-order valence-corrected chi connectivity index (χ2v) is 16.0. The third-order valence-corrected chi connectivity index (χ3v) is 13.9. The van der Waals surface area contributed by atoms with Crippen LogP contribution in [0.25, 0.3) is 0 Å². The summed E-state index contributed by atoms with van der Waals surface area (Å²) in [4.78, 5) is 13.3. The number of esters is 1. The highest BCUT2D eigenvalue weighted by Gasteiger charge is 2.83. The Morgan fingerprint density at radius 2 is 1.62 bits per heavy atom. The van der Waals surface area contributed by atoms with Crippen molar-refractivity contribution in [2.24, 2.45) is 50.7 Å². The van der Waals surface area contributed by atoms with E-state index in [-0.39, 0.29) is 27.6 Å². The predicted molar refractivity (Wildman–Crippen MR) is 149 cm³/mol. The second kappa shape index (κ2) is 9.27. The molecule has 0 aromatic rings. The summed E-state index contributed by atoms with van der Waals surface area (Å²) in [5.74, 6) is 1.12. The van der Waals surface area contributed by atoms with Crippen molar-refractivity contribution in [3.8, 4) is 0 Å². The highest BCUT2D eigenvalue weighted by atomic mass is 32.3. The fraction of sp³-hybridized carbons (Fsp3) is 0.903. The van der Waals surface area contributed by atoms with Crippen molar-refractivity contribution in [2.45, 2.75) is 118 Å². The molecule has 222 valence electrons. The van der Waals surface area contributed by atoms with Gasteiger partial charge in [-0.25, -0.2) is 4.18 Å². The minimum Gasteiger partial charge on any atom is -0.469 e. The van der Waals surface area contributed by atoms with Crippen LogP contribution in [0.15, 0.2) is 11.6 Å². The maximum Gasteiger partial charge on any atom is 0.397 e. The lowest BCUT2D eigenvalue weighted by Crippen LogP contribution is -2.60. The molecular formula is C31H50O7S. The van der Waals surface area contributed by atoms with Crippen LogP contribution in [-0.2, 0) is 24.1 Å². The van der Waals surface area contributed by atoms with Crippen molar-refractivity contribution in [2.75, 3.05) is 7.11 Å². The molecule has 2 spiro atoms. The number of allylic oxidation sites excluding steroid dienone is 1. The number of ether oxygens (including phenoxy) is 1. The van der Waals surface area contributed by atoms with Crippen LogP contribution >= 0.6 is 0 Å². The quantitative estimate of drug-likeness (QED) is 0.217. The number of hydrogen-bond donors (Lipinski definition) is 2. The number of aliphatic hydroxyl groups excluding tert-OH is 1. The highest BCUT2D eigenvalue weighted by molar-refractivity contribution is 7.80. The van der Waals surface area contributed by atoms with Gasteiger partial charge in [0, 0.05) is 0 Å². The first kappa shape index (κ1) is 29.5. The molecule has 0 heterocycles. The van der Waals surface area contributed by atoms with Crippen LogP contribution < -0.4 is 0 Å². The van der Waals surface area contributed by atoms with Crippen LogP contribution in [0.5, 0.6) is 0 Å². The summed E-state index contributed by atoms with van der Waals surface area (Å²) < 4.78 is 43.4. The van der Waals surface area contributed by atoms with E-state index in [0.29, 0.717) is 24.2 Å². The van der Waals surface area contributed by atoms with Crippen LogP contribution in [-0.4, -0.2) is 43.4 Å². The number of carbonyl (C=O) groups is 1. The second-order valence-electron chi connectivity index (χ2n) is 15.0. The lowest BCUT2D eigenvalue weighted by atomic mass is 9.41. The third kappa shape index (κ3) is 4.04. The Kier molecular flexibility index (Phi) is 7.02. The summed E-state index contributed by atoms with van der Waals surface area (Å²) >= 11 is 0.